The average molecular weight is 1610 g/mol. The number of carboxylic acid groups (broad SMARTS) is 2. The Morgan fingerprint density at radius 1 is 0.477 bits per heavy atom. The maximum atomic E-state index is 12.4. The number of carbonyl (C=O) groups excluding carboxylic acids is 2. The van der Waals surface area contributed by atoms with Crippen molar-refractivity contribution in [1.29, 1.82) is 0 Å². The highest BCUT2D eigenvalue weighted by atomic mass is 32.2. The minimum atomic E-state index is -4.67. The molecule has 0 aromatic heterocycles. The second-order valence-corrected chi connectivity index (χ2v) is 37.4. The van der Waals surface area contributed by atoms with E-state index in [1.807, 2.05) is 82.5 Å². The first-order valence-electron chi connectivity index (χ1n) is 37.6. The largest absolute Gasteiger partial charge is 0.748 e. The molecule has 0 saturated heterocycles. The molecular weight excluding hydrogens is 1500 g/mol. The maximum absolute atomic E-state index is 12.4. The molecular formula is C82H108N7O18S4-. The molecule has 0 spiro atoms. The molecule has 4 aliphatic heterocycles. The van der Waals surface area contributed by atoms with E-state index in [9.17, 15) is 71.1 Å². The number of allylic oxidation sites excluding steroid dienone is 5. The highest BCUT2D eigenvalue weighted by molar-refractivity contribution is 7.86. The molecule has 29 heteroatoms. The third kappa shape index (κ3) is 23.3. The lowest BCUT2D eigenvalue weighted by Gasteiger charge is -2.27. The topological polar surface area (TPSA) is 386 Å². The Morgan fingerprint density at radius 2 is 0.892 bits per heavy atom. The zero-order chi connectivity index (χ0) is 82.4. The summed E-state index contributed by atoms with van der Waals surface area (Å²) in [5, 5.41) is 23.9. The minimum absolute atomic E-state index is 0.00130. The number of hydrogen-bond donors (Lipinski definition) is 5. The van der Waals surface area contributed by atoms with Crippen LogP contribution >= 0.6 is 0 Å². The lowest BCUT2D eigenvalue weighted by Crippen LogP contribution is -2.34. The highest BCUT2D eigenvalue weighted by Crippen LogP contribution is 2.49. The number of anilines is 2. The van der Waals surface area contributed by atoms with E-state index in [4.69, 9.17) is 10.2 Å². The molecule has 0 radical (unpaired) electrons. The third-order valence-corrected chi connectivity index (χ3v) is 25.3. The number of aryl methyl sites for hydroxylation is 2. The fraction of sp³-hybridized carbons (Fsp3) is 0.476. The molecule has 0 bridgehead atoms. The van der Waals surface area contributed by atoms with E-state index in [1.165, 1.54) is 66.2 Å². The Balaban J connectivity index is 0.000000248. The number of unbranched alkanes of at least 4 members (excludes halogenated alkanes) is 6. The number of carboxylic acids is 2. The Kier molecular flexibility index (Phi) is 30.2. The van der Waals surface area contributed by atoms with E-state index in [-0.39, 0.29) is 64.8 Å². The highest BCUT2D eigenvalue weighted by Gasteiger charge is 2.47. The summed E-state index contributed by atoms with van der Waals surface area (Å²) >= 11 is 0. The van der Waals surface area contributed by atoms with Crippen LogP contribution in [0.1, 0.15) is 199 Å². The number of carbonyl (C=O) groups is 4. The standard InChI is InChI=1S/C38H51N3O9S2.C24H28N2O5S.C20H30N2O4S/c1-26-17-19-31-29(23-26)37(3,4)33(41(31)22-11-9-15-35(42)39-25-27(2)51(45,46)47)13-12-14-34-38(5,6)30-24-28(52(48,49)50)18-20-32(30)40(34)21-10-7-8-16-36(43)44;1-24(2)20-17-19(32(29,30)31)12-13-21(20)26(16-8-4-7-11-23(27)28)22(24)14-15-25-18-9-5-3-6-10-18;1-14-9-10-18-17(12-14)20(4,5)16(3)22(18)11-7-6-8-19(23)21-13-15(2)27(24,25)26/h12-14,17-20,23-24,27H,7-11,15-16,21-22,25H2,1-6H3,(H3-,39,42,43,44,45,46,47,48,49,50);3,5-6,9-10,12-15,17H,4,7-8,11,16H2,1-2H3,(H2,27,28,29,30,31);9-10,12,15H,6-8,11,13H2,1-5H3,(H-,21,23,24,25,26)/p-1. The number of benzene rings is 5. The summed E-state index contributed by atoms with van der Waals surface area (Å²) < 4.78 is 143. The lowest BCUT2D eigenvalue weighted by atomic mass is 9.81. The minimum Gasteiger partial charge on any atom is -0.748 e. The number of aliphatic carboxylic acids is 2. The number of nitrogens with one attached hydrogen (secondary N) is 3. The normalized spacial score (nSPS) is 16.9. The first-order valence-corrected chi connectivity index (χ1v) is 43.3. The van der Waals surface area contributed by atoms with Crippen molar-refractivity contribution in [2.24, 2.45) is 0 Å². The number of amides is 2. The van der Waals surface area contributed by atoms with Gasteiger partial charge in [-0.25, -0.2) is 33.7 Å². The SMILES string of the molecule is CC1(C)C(/C=C/Nc2ccccc2)=[N+](CCCCCC(=O)O)c2ccc(S(=O)(=O)[O-])cc21.CC1=[N+](CCCCC(=O)NCC(C)S(=O)(=O)[O-])c2ccc(C)cc2C1(C)C.Cc1ccc2c(c1)C(C)(C)/C(=C\C=C\C1=[N+](CCCCCC(=O)O)c3ccc(S(=O)(=O)[O-])cc3C1(C)C)N2CCCCC(=O)NCC(C)S(=O)(=O)[O-]. The van der Waals surface area contributed by atoms with Gasteiger partial charge in [-0.3, -0.25) is 19.2 Å². The van der Waals surface area contributed by atoms with Gasteiger partial charge in [-0.15, -0.1) is 0 Å². The van der Waals surface area contributed by atoms with Gasteiger partial charge in [0.1, 0.15) is 39.9 Å². The summed E-state index contributed by atoms with van der Waals surface area (Å²) in [4.78, 5) is 47.8. The summed E-state index contributed by atoms with van der Waals surface area (Å²) in [5.74, 6) is -2.17. The maximum Gasteiger partial charge on any atom is 0.303 e. The van der Waals surface area contributed by atoms with Crippen LogP contribution in [0.4, 0.5) is 28.4 Å². The van der Waals surface area contributed by atoms with Crippen molar-refractivity contribution in [3.63, 3.8) is 0 Å². The Morgan fingerprint density at radius 3 is 1.37 bits per heavy atom. The summed E-state index contributed by atoms with van der Waals surface area (Å²) in [6.45, 7) is 28.0. The van der Waals surface area contributed by atoms with Gasteiger partial charge in [-0.2, -0.15) is 13.7 Å². The molecule has 9 rings (SSSR count). The lowest BCUT2D eigenvalue weighted by molar-refractivity contribution is -0.439. The van der Waals surface area contributed by atoms with Crippen LogP contribution in [0.5, 0.6) is 0 Å². The van der Waals surface area contributed by atoms with Crippen molar-refractivity contribution in [2.75, 3.05) is 49.5 Å². The van der Waals surface area contributed by atoms with Gasteiger partial charge >= 0.3 is 11.9 Å². The van der Waals surface area contributed by atoms with Crippen LogP contribution in [0.2, 0.25) is 0 Å². The van der Waals surface area contributed by atoms with Crippen molar-refractivity contribution in [3.05, 3.63) is 173 Å². The molecule has 2 amide bonds. The number of nitrogens with zero attached hydrogens (tertiary/aromatic N) is 4. The Labute approximate surface area is 655 Å². The second kappa shape index (κ2) is 37.4. The van der Waals surface area contributed by atoms with E-state index in [0.717, 1.165) is 82.4 Å². The van der Waals surface area contributed by atoms with Crippen LogP contribution in [-0.4, -0.2) is 166 Å². The summed E-state index contributed by atoms with van der Waals surface area (Å²) in [6, 6.07) is 31.6. The summed E-state index contributed by atoms with van der Waals surface area (Å²) in [5.41, 5.74) is 14.0. The number of hydrogen-bond acceptors (Lipinski definition) is 18. The molecule has 4 heterocycles. The fourth-order valence-electron chi connectivity index (χ4n) is 14.5. The van der Waals surface area contributed by atoms with Crippen LogP contribution in [-0.2, 0) is 81.3 Å². The molecule has 0 aliphatic carbocycles. The van der Waals surface area contributed by atoms with Crippen LogP contribution in [0.15, 0.2) is 149 Å². The molecule has 5 aromatic rings. The zero-order valence-electron chi connectivity index (χ0n) is 65.8. The predicted molar refractivity (Wildman–Crippen MR) is 426 cm³/mol. The molecule has 2 atom stereocenters. The van der Waals surface area contributed by atoms with Crippen molar-refractivity contribution < 1.29 is 95.0 Å². The fourth-order valence-corrected chi connectivity index (χ4v) is 16.0. The molecule has 604 valence electrons. The van der Waals surface area contributed by atoms with E-state index in [2.05, 4.69) is 126 Å². The number of rotatable bonds is 35. The van der Waals surface area contributed by atoms with Crippen molar-refractivity contribution in [2.45, 2.75) is 222 Å². The van der Waals surface area contributed by atoms with Gasteiger partial charge in [-0.1, -0.05) is 67.4 Å². The Bertz CT molecular complexity index is 4960. The van der Waals surface area contributed by atoms with Gasteiger partial charge in [0.05, 0.1) is 56.8 Å². The zero-order valence-corrected chi connectivity index (χ0v) is 69.1. The van der Waals surface area contributed by atoms with Crippen LogP contribution in [0.25, 0.3) is 0 Å². The first-order chi connectivity index (χ1) is 51.7. The summed E-state index contributed by atoms with van der Waals surface area (Å²) in [7, 11) is -18.1. The van der Waals surface area contributed by atoms with Gasteiger partial charge in [0.25, 0.3) is 0 Å². The van der Waals surface area contributed by atoms with E-state index in [0.29, 0.717) is 71.0 Å². The van der Waals surface area contributed by atoms with Gasteiger partial charge in [0, 0.05) is 147 Å². The average Bonchev–Trinajstić information content (AvgIpc) is 1.62. The van der Waals surface area contributed by atoms with Gasteiger partial charge in [0.2, 0.25) is 28.9 Å². The second-order valence-electron chi connectivity index (χ2n) is 31.1. The molecule has 2 unspecified atom stereocenters. The molecule has 0 saturated carbocycles. The molecule has 5 N–H and O–H groups in total. The van der Waals surface area contributed by atoms with E-state index < -0.39 is 73.7 Å². The van der Waals surface area contributed by atoms with Gasteiger partial charge in [0.15, 0.2) is 17.1 Å². The number of para-hydroxylation sites is 1. The molecule has 111 heavy (non-hydrogen) atoms. The monoisotopic (exact) mass is 1610 g/mol. The molecule has 0 fully saturated rings. The third-order valence-electron chi connectivity index (χ3n) is 21.3. The van der Waals surface area contributed by atoms with Gasteiger partial charge in [-0.05, 0) is 174 Å². The smallest absolute Gasteiger partial charge is 0.303 e. The molecule has 25 nitrogen and oxygen atoms in total. The van der Waals surface area contributed by atoms with Crippen molar-refractivity contribution in [1.82, 2.24) is 10.6 Å². The van der Waals surface area contributed by atoms with Crippen LogP contribution in [0, 0.1) is 13.8 Å². The predicted octanol–water partition coefficient (Wildman–Crippen LogP) is 12.2. The molecule has 5 aromatic carbocycles. The molecule has 4 aliphatic rings. The van der Waals surface area contributed by atoms with Crippen molar-refractivity contribution >= 4 is 110 Å². The summed E-state index contributed by atoms with van der Waals surface area (Å²) in [6.07, 6.45) is 17.6. The Hall–Kier alpha value is -8.55. The van der Waals surface area contributed by atoms with Crippen LogP contribution < -0.4 is 20.9 Å². The van der Waals surface area contributed by atoms with E-state index >= 15 is 0 Å². The quantitative estimate of drug-likeness (QED) is 0.0143. The first kappa shape index (κ1) is 89.7. The van der Waals surface area contributed by atoms with E-state index in [1.54, 1.807) is 12.1 Å². The number of fused-ring (bicyclic) bond motifs is 4. The van der Waals surface area contributed by atoms with Gasteiger partial charge < -0.3 is 49.3 Å². The van der Waals surface area contributed by atoms with Crippen molar-refractivity contribution in [3.8, 4) is 0 Å². The van der Waals surface area contributed by atoms with Crippen LogP contribution in [0.3, 0.4) is 0 Å².